The first-order chi connectivity index (χ1) is 9.62. The molecular formula is C14H19N5O. The third kappa shape index (κ3) is 3.34. The van der Waals surface area contributed by atoms with Crippen molar-refractivity contribution in [1.29, 1.82) is 0 Å². The van der Waals surface area contributed by atoms with E-state index in [1.54, 1.807) is 0 Å². The fourth-order valence-corrected chi connectivity index (χ4v) is 1.82. The first kappa shape index (κ1) is 14.0. The average Bonchev–Trinajstić information content (AvgIpc) is 2.42. The molecule has 0 amide bonds. The quantitative estimate of drug-likeness (QED) is 0.872. The van der Waals surface area contributed by atoms with E-state index in [9.17, 15) is 0 Å². The van der Waals surface area contributed by atoms with E-state index in [1.165, 1.54) is 12.7 Å². The van der Waals surface area contributed by atoms with Crippen LogP contribution in [0.25, 0.3) is 0 Å². The van der Waals surface area contributed by atoms with Crippen LogP contribution in [0.2, 0.25) is 0 Å². The number of nitrogens with one attached hydrogen (secondary N) is 2. The zero-order chi connectivity index (χ0) is 14.5. The number of benzene rings is 1. The highest BCUT2D eigenvalue weighted by molar-refractivity contribution is 5.59. The molecule has 0 atom stereocenters. The van der Waals surface area contributed by atoms with E-state index in [2.05, 4.69) is 38.6 Å². The number of ether oxygens (including phenoxy) is 1. The van der Waals surface area contributed by atoms with Crippen LogP contribution in [0.4, 0.5) is 17.6 Å². The van der Waals surface area contributed by atoms with E-state index < -0.39 is 0 Å². The first-order valence-corrected chi connectivity index (χ1v) is 6.50. The van der Waals surface area contributed by atoms with E-state index in [4.69, 9.17) is 4.74 Å². The third-order valence-corrected chi connectivity index (χ3v) is 2.76. The van der Waals surface area contributed by atoms with E-state index in [0.29, 0.717) is 11.9 Å². The molecule has 6 nitrogen and oxygen atoms in total. The molecule has 1 heterocycles. The van der Waals surface area contributed by atoms with Crippen molar-refractivity contribution in [3.05, 3.63) is 29.3 Å². The predicted octanol–water partition coefficient (Wildman–Crippen LogP) is 2.67. The van der Waals surface area contributed by atoms with Crippen LogP contribution in [-0.2, 0) is 0 Å². The number of hydrogen-bond acceptors (Lipinski definition) is 6. The number of hydrogen-bond donors (Lipinski definition) is 2. The van der Waals surface area contributed by atoms with Gasteiger partial charge in [0, 0.05) is 12.2 Å². The van der Waals surface area contributed by atoms with Crippen LogP contribution >= 0.6 is 0 Å². The summed E-state index contributed by atoms with van der Waals surface area (Å²) in [5, 5.41) is 6.24. The van der Waals surface area contributed by atoms with Gasteiger partial charge in [0.25, 0.3) is 0 Å². The predicted molar refractivity (Wildman–Crippen MR) is 79.7 cm³/mol. The van der Waals surface area contributed by atoms with Gasteiger partial charge in [0.15, 0.2) is 0 Å². The van der Waals surface area contributed by atoms with Gasteiger partial charge in [-0.2, -0.15) is 15.0 Å². The Bertz CT molecular complexity index is 600. The Balaban J connectivity index is 2.29. The summed E-state index contributed by atoms with van der Waals surface area (Å²) in [6.07, 6.45) is 0. The van der Waals surface area contributed by atoms with Gasteiger partial charge in [-0.1, -0.05) is 17.7 Å². The van der Waals surface area contributed by atoms with Gasteiger partial charge >= 0.3 is 6.01 Å². The van der Waals surface area contributed by atoms with Crippen LogP contribution in [-0.4, -0.2) is 28.6 Å². The molecule has 20 heavy (non-hydrogen) atoms. The van der Waals surface area contributed by atoms with Crippen molar-refractivity contribution < 1.29 is 4.74 Å². The second-order valence-corrected chi connectivity index (χ2v) is 4.44. The minimum absolute atomic E-state index is 0.281. The van der Waals surface area contributed by atoms with Gasteiger partial charge in [0.1, 0.15) is 0 Å². The van der Waals surface area contributed by atoms with Crippen LogP contribution in [0.3, 0.4) is 0 Å². The summed E-state index contributed by atoms with van der Waals surface area (Å²) in [6, 6.07) is 6.43. The molecule has 0 saturated carbocycles. The molecule has 0 saturated heterocycles. The van der Waals surface area contributed by atoms with Crippen molar-refractivity contribution >= 4 is 17.6 Å². The number of methoxy groups -OCH3 is 1. The fourth-order valence-electron chi connectivity index (χ4n) is 1.82. The molecule has 2 aromatic rings. The van der Waals surface area contributed by atoms with Gasteiger partial charge in [-0.25, -0.2) is 0 Å². The van der Waals surface area contributed by atoms with Gasteiger partial charge in [-0.15, -0.1) is 0 Å². The second kappa shape index (κ2) is 6.18. The molecule has 1 aromatic carbocycles. The molecule has 0 aliphatic rings. The van der Waals surface area contributed by atoms with Gasteiger partial charge in [-0.3, -0.25) is 0 Å². The topological polar surface area (TPSA) is 72.0 Å². The van der Waals surface area contributed by atoms with E-state index in [-0.39, 0.29) is 6.01 Å². The van der Waals surface area contributed by atoms with E-state index >= 15 is 0 Å². The molecule has 106 valence electrons. The lowest BCUT2D eigenvalue weighted by atomic mass is 10.1. The molecule has 2 N–H and O–H groups in total. The van der Waals surface area contributed by atoms with Crippen LogP contribution in [0.5, 0.6) is 6.01 Å². The van der Waals surface area contributed by atoms with Gasteiger partial charge in [0.2, 0.25) is 11.9 Å². The Kier molecular flexibility index (Phi) is 4.34. The minimum Gasteiger partial charge on any atom is -0.467 e. The van der Waals surface area contributed by atoms with Crippen LogP contribution in [0.1, 0.15) is 18.1 Å². The number of anilines is 3. The number of aryl methyl sites for hydroxylation is 2. The maximum absolute atomic E-state index is 5.09. The normalized spacial score (nSPS) is 10.2. The molecule has 0 aliphatic heterocycles. The van der Waals surface area contributed by atoms with Crippen LogP contribution < -0.4 is 15.4 Å². The Hall–Kier alpha value is -2.37. The Morgan fingerprint density at radius 3 is 2.50 bits per heavy atom. The largest absolute Gasteiger partial charge is 0.467 e. The minimum atomic E-state index is 0.281. The Morgan fingerprint density at radius 1 is 1.10 bits per heavy atom. The number of aromatic nitrogens is 3. The molecule has 0 bridgehead atoms. The SMILES string of the molecule is CCNc1nc(Nc2ccc(C)cc2C)nc(OC)n1. The van der Waals surface area contributed by atoms with Crippen molar-refractivity contribution in [1.82, 2.24) is 15.0 Å². The van der Waals surface area contributed by atoms with E-state index in [0.717, 1.165) is 17.8 Å². The zero-order valence-corrected chi connectivity index (χ0v) is 12.2. The highest BCUT2D eigenvalue weighted by Gasteiger charge is 2.07. The highest BCUT2D eigenvalue weighted by Crippen LogP contribution is 2.20. The first-order valence-electron chi connectivity index (χ1n) is 6.50. The summed E-state index contributed by atoms with van der Waals surface area (Å²) >= 11 is 0. The van der Waals surface area contributed by atoms with Gasteiger partial charge < -0.3 is 15.4 Å². The van der Waals surface area contributed by atoms with Crippen molar-refractivity contribution in [2.75, 3.05) is 24.3 Å². The molecular weight excluding hydrogens is 254 g/mol. The lowest BCUT2D eigenvalue weighted by molar-refractivity contribution is 0.379. The summed E-state index contributed by atoms with van der Waals surface area (Å²) in [5.74, 6) is 0.950. The van der Waals surface area contributed by atoms with Crippen molar-refractivity contribution in [2.45, 2.75) is 20.8 Å². The van der Waals surface area contributed by atoms with Gasteiger partial charge in [-0.05, 0) is 32.4 Å². The number of nitrogens with zero attached hydrogens (tertiary/aromatic N) is 3. The summed E-state index contributed by atoms with van der Waals surface area (Å²) in [6.45, 7) is 6.81. The average molecular weight is 273 g/mol. The van der Waals surface area contributed by atoms with Crippen LogP contribution in [0, 0.1) is 13.8 Å². The number of rotatable bonds is 5. The Morgan fingerprint density at radius 2 is 1.85 bits per heavy atom. The molecule has 2 rings (SSSR count). The van der Waals surface area contributed by atoms with Gasteiger partial charge in [0.05, 0.1) is 7.11 Å². The Labute approximate surface area is 118 Å². The summed E-state index contributed by atoms with van der Waals surface area (Å²) < 4.78 is 5.09. The highest BCUT2D eigenvalue weighted by atomic mass is 16.5. The summed E-state index contributed by atoms with van der Waals surface area (Å²) in [5.41, 5.74) is 3.32. The maximum atomic E-state index is 5.09. The standard InChI is InChI=1S/C14H19N5O/c1-5-15-12-17-13(19-14(18-12)20-4)16-11-7-6-9(2)8-10(11)3/h6-8H,5H2,1-4H3,(H2,15,16,17,18,19). The molecule has 0 unspecified atom stereocenters. The molecule has 6 heteroatoms. The molecule has 0 radical (unpaired) electrons. The lowest BCUT2D eigenvalue weighted by Crippen LogP contribution is -2.08. The van der Waals surface area contributed by atoms with E-state index in [1.807, 2.05) is 26.0 Å². The summed E-state index contributed by atoms with van der Waals surface area (Å²) in [4.78, 5) is 12.6. The maximum Gasteiger partial charge on any atom is 0.322 e. The van der Waals surface area contributed by atoms with Crippen LogP contribution in [0.15, 0.2) is 18.2 Å². The lowest BCUT2D eigenvalue weighted by Gasteiger charge is -2.11. The van der Waals surface area contributed by atoms with Crippen molar-refractivity contribution in [3.63, 3.8) is 0 Å². The third-order valence-electron chi connectivity index (χ3n) is 2.76. The molecule has 0 aliphatic carbocycles. The zero-order valence-electron chi connectivity index (χ0n) is 12.2. The second-order valence-electron chi connectivity index (χ2n) is 4.44. The summed E-state index contributed by atoms with van der Waals surface area (Å²) in [7, 11) is 1.53. The fraction of sp³-hybridized carbons (Fsp3) is 0.357. The smallest absolute Gasteiger partial charge is 0.322 e. The molecule has 0 spiro atoms. The molecule has 1 aromatic heterocycles. The van der Waals surface area contributed by atoms with Crippen molar-refractivity contribution in [2.24, 2.45) is 0 Å². The van der Waals surface area contributed by atoms with Crippen molar-refractivity contribution in [3.8, 4) is 6.01 Å². The molecule has 0 fully saturated rings. The monoisotopic (exact) mass is 273 g/mol.